The van der Waals surface area contributed by atoms with E-state index in [2.05, 4.69) is 10.6 Å². The lowest BCUT2D eigenvalue weighted by Gasteiger charge is -2.12. The molecular weight excluding hydrogens is 278 g/mol. The number of nitrogens with one attached hydrogen (secondary N) is 2. The van der Waals surface area contributed by atoms with E-state index in [1.54, 1.807) is 0 Å². The first-order chi connectivity index (χ1) is 9.89. The number of carboxylic acid groups (broad SMARTS) is 1. The van der Waals surface area contributed by atoms with Gasteiger partial charge in [0.05, 0.1) is 10.3 Å². The van der Waals surface area contributed by atoms with E-state index in [1.165, 1.54) is 25.2 Å². The molecule has 1 fully saturated rings. The highest BCUT2D eigenvalue weighted by Gasteiger charge is 2.50. The van der Waals surface area contributed by atoms with Gasteiger partial charge in [0.15, 0.2) is 0 Å². The zero-order valence-corrected chi connectivity index (χ0v) is 11.4. The van der Waals surface area contributed by atoms with Gasteiger partial charge in [0.2, 0.25) is 0 Å². The fourth-order valence-electron chi connectivity index (χ4n) is 2.00. The Labute approximate surface area is 120 Å². The second-order valence-corrected chi connectivity index (χ2v) is 5.01. The molecule has 0 aromatic heterocycles. The van der Waals surface area contributed by atoms with Crippen molar-refractivity contribution in [3.63, 3.8) is 0 Å². The number of carbonyl (C=O) groups excluding carboxylic acids is 1. The number of amides is 1. The van der Waals surface area contributed by atoms with Crippen LogP contribution in [-0.4, -0.2) is 35.5 Å². The predicted molar refractivity (Wildman–Crippen MR) is 74.3 cm³/mol. The SMILES string of the molecule is CNC(=O)c1ccc(NCC2(C(=O)O)CC2)c([N+](=O)[O-])c1. The fraction of sp³-hybridized carbons (Fsp3) is 0.385. The second kappa shape index (κ2) is 5.39. The summed E-state index contributed by atoms with van der Waals surface area (Å²) in [7, 11) is 1.43. The first-order valence-corrected chi connectivity index (χ1v) is 6.37. The van der Waals surface area contributed by atoms with E-state index in [4.69, 9.17) is 5.11 Å². The molecule has 1 aliphatic carbocycles. The van der Waals surface area contributed by atoms with Crippen LogP contribution in [-0.2, 0) is 4.79 Å². The van der Waals surface area contributed by atoms with Crippen LogP contribution < -0.4 is 10.6 Å². The van der Waals surface area contributed by atoms with Gasteiger partial charge in [-0.3, -0.25) is 19.7 Å². The number of nitro groups is 1. The molecule has 0 bridgehead atoms. The molecule has 1 aromatic carbocycles. The first kappa shape index (κ1) is 14.8. The first-order valence-electron chi connectivity index (χ1n) is 6.37. The number of aliphatic carboxylic acids is 1. The van der Waals surface area contributed by atoms with Crippen LogP contribution in [0, 0.1) is 15.5 Å². The Hall–Kier alpha value is -2.64. The minimum Gasteiger partial charge on any atom is -0.481 e. The maximum atomic E-state index is 11.5. The molecule has 112 valence electrons. The molecule has 1 saturated carbocycles. The molecule has 21 heavy (non-hydrogen) atoms. The van der Waals surface area contributed by atoms with Crippen molar-refractivity contribution in [1.29, 1.82) is 0 Å². The Morgan fingerprint density at radius 3 is 2.57 bits per heavy atom. The molecule has 0 heterocycles. The van der Waals surface area contributed by atoms with Crippen LogP contribution in [0.25, 0.3) is 0 Å². The van der Waals surface area contributed by atoms with E-state index in [9.17, 15) is 19.7 Å². The normalized spacial score (nSPS) is 15.1. The van der Waals surface area contributed by atoms with Gasteiger partial charge in [-0.25, -0.2) is 0 Å². The molecule has 0 atom stereocenters. The molecule has 2 rings (SSSR count). The van der Waals surface area contributed by atoms with Crippen LogP contribution in [0.15, 0.2) is 18.2 Å². The van der Waals surface area contributed by atoms with Crippen LogP contribution in [0.2, 0.25) is 0 Å². The average molecular weight is 293 g/mol. The van der Waals surface area contributed by atoms with Crippen LogP contribution in [0.1, 0.15) is 23.2 Å². The number of anilines is 1. The highest BCUT2D eigenvalue weighted by molar-refractivity contribution is 5.95. The maximum absolute atomic E-state index is 11.5. The van der Waals surface area contributed by atoms with Gasteiger partial charge in [-0.1, -0.05) is 0 Å². The predicted octanol–water partition coefficient (Wildman–Crippen LogP) is 1.23. The van der Waals surface area contributed by atoms with Gasteiger partial charge in [0.25, 0.3) is 11.6 Å². The number of benzene rings is 1. The largest absolute Gasteiger partial charge is 0.481 e. The molecule has 8 nitrogen and oxygen atoms in total. The van der Waals surface area contributed by atoms with Crippen molar-refractivity contribution in [3.05, 3.63) is 33.9 Å². The monoisotopic (exact) mass is 293 g/mol. The quantitative estimate of drug-likeness (QED) is 0.535. The van der Waals surface area contributed by atoms with Gasteiger partial charge < -0.3 is 15.7 Å². The summed E-state index contributed by atoms with van der Waals surface area (Å²) in [4.78, 5) is 33.0. The molecule has 1 aliphatic rings. The molecule has 0 radical (unpaired) electrons. The molecule has 0 unspecified atom stereocenters. The molecule has 0 saturated heterocycles. The molecular formula is C13H15N3O5. The van der Waals surface area contributed by atoms with Crippen LogP contribution in [0.4, 0.5) is 11.4 Å². The molecule has 0 spiro atoms. The summed E-state index contributed by atoms with van der Waals surface area (Å²) in [6.07, 6.45) is 1.11. The number of nitrogens with zero attached hydrogens (tertiary/aromatic N) is 1. The third-order valence-corrected chi connectivity index (χ3v) is 3.61. The lowest BCUT2D eigenvalue weighted by atomic mass is 10.1. The van der Waals surface area contributed by atoms with Crippen molar-refractivity contribution in [2.45, 2.75) is 12.8 Å². The van der Waals surface area contributed by atoms with Crippen LogP contribution in [0.5, 0.6) is 0 Å². The van der Waals surface area contributed by atoms with E-state index in [1.807, 2.05) is 0 Å². The summed E-state index contributed by atoms with van der Waals surface area (Å²) in [5.74, 6) is -1.33. The molecule has 1 aromatic rings. The Balaban J connectivity index is 2.21. The number of carboxylic acids is 1. The molecule has 3 N–H and O–H groups in total. The highest BCUT2D eigenvalue weighted by Crippen LogP contribution is 2.46. The van der Waals surface area contributed by atoms with Gasteiger partial charge in [-0.2, -0.15) is 0 Å². The van der Waals surface area contributed by atoms with Gasteiger partial charge in [0.1, 0.15) is 5.69 Å². The zero-order chi connectivity index (χ0) is 15.6. The van der Waals surface area contributed by atoms with E-state index in [0.29, 0.717) is 12.8 Å². The lowest BCUT2D eigenvalue weighted by Crippen LogP contribution is -2.24. The van der Waals surface area contributed by atoms with Gasteiger partial charge in [-0.15, -0.1) is 0 Å². The minimum atomic E-state index is -0.903. The van der Waals surface area contributed by atoms with Crippen molar-refractivity contribution in [1.82, 2.24) is 5.32 Å². The third kappa shape index (κ3) is 2.93. The van der Waals surface area contributed by atoms with Crippen molar-refractivity contribution in [2.24, 2.45) is 5.41 Å². The van der Waals surface area contributed by atoms with Crippen LogP contribution >= 0.6 is 0 Å². The molecule has 8 heteroatoms. The van der Waals surface area contributed by atoms with E-state index < -0.39 is 22.2 Å². The maximum Gasteiger partial charge on any atom is 0.311 e. The number of nitro benzene ring substituents is 1. The standard InChI is InChI=1S/C13H15N3O5/c1-14-11(17)8-2-3-9(10(6-8)16(20)21)15-7-13(4-5-13)12(18)19/h2-3,6,15H,4-5,7H2,1H3,(H,14,17)(H,18,19). The summed E-state index contributed by atoms with van der Waals surface area (Å²) in [5.41, 5.74) is -0.695. The summed E-state index contributed by atoms with van der Waals surface area (Å²) < 4.78 is 0. The smallest absolute Gasteiger partial charge is 0.311 e. The Morgan fingerprint density at radius 2 is 2.10 bits per heavy atom. The van der Waals surface area contributed by atoms with Crippen molar-refractivity contribution in [2.75, 3.05) is 18.9 Å². The summed E-state index contributed by atoms with van der Waals surface area (Å²) >= 11 is 0. The van der Waals surface area contributed by atoms with Gasteiger partial charge >= 0.3 is 5.97 Å². The van der Waals surface area contributed by atoms with E-state index in [-0.39, 0.29) is 23.5 Å². The highest BCUT2D eigenvalue weighted by atomic mass is 16.6. The number of carbonyl (C=O) groups is 2. The zero-order valence-electron chi connectivity index (χ0n) is 11.4. The Morgan fingerprint density at radius 1 is 1.43 bits per heavy atom. The fourth-order valence-corrected chi connectivity index (χ4v) is 2.00. The summed E-state index contributed by atoms with van der Waals surface area (Å²) in [5, 5.41) is 25.4. The van der Waals surface area contributed by atoms with Crippen molar-refractivity contribution < 1.29 is 19.6 Å². The van der Waals surface area contributed by atoms with E-state index in [0.717, 1.165) is 0 Å². The molecule has 0 aliphatic heterocycles. The summed E-state index contributed by atoms with van der Waals surface area (Å²) in [6, 6.07) is 4.04. The van der Waals surface area contributed by atoms with E-state index >= 15 is 0 Å². The number of hydrogen-bond donors (Lipinski definition) is 3. The Bertz CT molecular complexity index is 610. The topological polar surface area (TPSA) is 122 Å². The Kier molecular flexibility index (Phi) is 3.79. The average Bonchev–Trinajstić information content (AvgIpc) is 3.25. The van der Waals surface area contributed by atoms with Crippen molar-refractivity contribution in [3.8, 4) is 0 Å². The number of hydrogen-bond acceptors (Lipinski definition) is 5. The number of rotatable bonds is 6. The van der Waals surface area contributed by atoms with Gasteiger partial charge in [0, 0.05) is 25.2 Å². The van der Waals surface area contributed by atoms with Crippen LogP contribution in [0.3, 0.4) is 0 Å². The van der Waals surface area contributed by atoms with Crippen molar-refractivity contribution >= 4 is 23.3 Å². The molecule has 1 amide bonds. The lowest BCUT2D eigenvalue weighted by molar-refractivity contribution is -0.384. The van der Waals surface area contributed by atoms with Gasteiger partial charge in [-0.05, 0) is 25.0 Å². The third-order valence-electron chi connectivity index (χ3n) is 3.61. The minimum absolute atomic E-state index is 0.127. The summed E-state index contributed by atoms with van der Waals surface area (Å²) in [6.45, 7) is 0.127. The second-order valence-electron chi connectivity index (χ2n) is 5.01.